The number of hydrogen-bond donors (Lipinski definition) is 1. The third kappa shape index (κ3) is 4.48. The van der Waals surface area contributed by atoms with E-state index in [0.29, 0.717) is 6.54 Å². The Morgan fingerprint density at radius 3 is 2.30 bits per heavy atom. The Bertz CT molecular complexity index is 765. The molecular weight excluding hydrogens is 342 g/mol. The molecule has 2 aromatic rings. The topological polar surface area (TPSA) is 64.6 Å². The molecule has 0 spiro atoms. The molecule has 0 heterocycles. The molecule has 2 aromatic carbocycles. The zero-order valence-corrected chi connectivity index (χ0v) is 15.6. The summed E-state index contributed by atoms with van der Waals surface area (Å²) >= 11 is 0. The molecule has 0 unspecified atom stereocenters. The van der Waals surface area contributed by atoms with Gasteiger partial charge in [0, 0.05) is 6.54 Å². The summed E-state index contributed by atoms with van der Waals surface area (Å²) in [5.41, 5.74) is 1.32. The Balaban J connectivity index is 1.53. The van der Waals surface area contributed by atoms with Crippen LogP contribution in [0, 0.1) is 0 Å². The molecule has 5 nitrogen and oxygen atoms in total. The molecule has 0 radical (unpaired) electrons. The molecule has 1 amide bonds. The molecule has 0 saturated heterocycles. The summed E-state index contributed by atoms with van der Waals surface area (Å²) in [6.45, 7) is 0.119. The van der Waals surface area contributed by atoms with Crippen LogP contribution in [-0.4, -0.2) is 25.6 Å². The van der Waals surface area contributed by atoms with Crippen molar-refractivity contribution in [1.82, 2.24) is 5.32 Å². The van der Waals surface area contributed by atoms with Gasteiger partial charge in [-0.25, -0.2) is 0 Å². The minimum absolute atomic E-state index is 0.260. The lowest BCUT2D eigenvalue weighted by atomic mass is 9.79. The molecule has 3 rings (SSSR count). The summed E-state index contributed by atoms with van der Waals surface area (Å²) in [5.74, 6) is 0.160. The Morgan fingerprint density at radius 1 is 1.00 bits per heavy atom. The first-order valence-electron chi connectivity index (χ1n) is 9.26. The smallest absolute Gasteiger partial charge is 0.317 e. The molecule has 1 aliphatic carbocycles. The van der Waals surface area contributed by atoms with E-state index in [2.05, 4.69) is 5.32 Å². The summed E-state index contributed by atoms with van der Waals surface area (Å²) in [4.78, 5) is 24.9. The van der Waals surface area contributed by atoms with E-state index >= 15 is 0 Å². The number of carbonyl (C=O) groups is 2. The van der Waals surface area contributed by atoms with Crippen molar-refractivity contribution < 1.29 is 19.1 Å². The summed E-state index contributed by atoms with van der Waals surface area (Å²) in [6, 6.07) is 17.2. The van der Waals surface area contributed by atoms with Crippen LogP contribution < -0.4 is 10.1 Å². The standard InChI is InChI=1S/C22H25NO4/c1-26-19-11-9-17(10-12-19)15-23-20(24)16-27-21(25)22(13-5-6-14-22)18-7-3-2-4-8-18/h2-4,7-12H,5-6,13-16H2,1H3,(H,23,24). The van der Waals surface area contributed by atoms with Gasteiger partial charge in [0.25, 0.3) is 5.91 Å². The molecule has 1 saturated carbocycles. The van der Waals surface area contributed by atoms with E-state index in [1.807, 2.05) is 54.6 Å². The second-order valence-corrected chi connectivity index (χ2v) is 6.86. The van der Waals surface area contributed by atoms with Crippen molar-refractivity contribution in [3.63, 3.8) is 0 Å². The Kier molecular flexibility index (Phi) is 6.12. The van der Waals surface area contributed by atoms with E-state index in [0.717, 1.165) is 42.6 Å². The van der Waals surface area contributed by atoms with Gasteiger partial charge in [0.2, 0.25) is 0 Å². The maximum atomic E-state index is 12.8. The lowest BCUT2D eigenvalue weighted by molar-refractivity contribution is -0.154. The maximum Gasteiger partial charge on any atom is 0.317 e. The number of ether oxygens (including phenoxy) is 2. The molecule has 1 aliphatic rings. The van der Waals surface area contributed by atoms with Gasteiger partial charge >= 0.3 is 5.97 Å². The normalized spacial score (nSPS) is 15.1. The van der Waals surface area contributed by atoms with Gasteiger partial charge in [-0.1, -0.05) is 55.3 Å². The quantitative estimate of drug-likeness (QED) is 0.762. The van der Waals surface area contributed by atoms with Crippen LogP contribution in [0.1, 0.15) is 36.8 Å². The Hall–Kier alpha value is -2.82. The predicted molar refractivity (Wildman–Crippen MR) is 102 cm³/mol. The van der Waals surface area contributed by atoms with Crippen molar-refractivity contribution in [2.45, 2.75) is 37.6 Å². The summed E-state index contributed by atoms with van der Waals surface area (Å²) in [5, 5.41) is 2.78. The average Bonchev–Trinajstić information content (AvgIpc) is 3.23. The van der Waals surface area contributed by atoms with Crippen molar-refractivity contribution in [2.75, 3.05) is 13.7 Å². The van der Waals surface area contributed by atoms with Gasteiger partial charge < -0.3 is 14.8 Å². The molecule has 1 N–H and O–H groups in total. The van der Waals surface area contributed by atoms with E-state index < -0.39 is 5.41 Å². The second-order valence-electron chi connectivity index (χ2n) is 6.86. The number of esters is 1. The van der Waals surface area contributed by atoms with Gasteiger partial charge in [-0.2, -0.15) is 0 Å². The highest BCUT2D eigenvalue weighted by molar-refractivity contribution is 5.86. The lowest BCUT2D eigenvalue weighted by Crippen LogP contribution is -2.37. The number of nitrogens with one attached hydrogen (secondary N) is 1. The SMILES string of the molecule is COc1ccc(CNC(=O)COC(=O)C2(c3ccccc3)CCCC2)cc1. The van der Waals surface area contributed by atoms with Crippen molar-refractivity contribution in [1.29, 1.82) is 0 Å². The highest BCUT2D eigenvalue weighted by Crippen LogP contribution is 2.42. The first-order chi connectivity index (χ1) is 13.1. The molecule has 5 heteroatoms. The highest BCUT2D eigenvalue weighted by Gasteiger charge is 2.44. The van der Waals surface area contributed by atoms with Crippen LogP contribution in [-0.2, 0) is 26.3 Å². The Labute approximate surface area is 159 Å². The summed E-state index contributed by atoms with van der Waals surface area (Å²) in [7, 11) is 1.61. The van der Waals surface area contributed by atoms with Crippen LogP contribution in [0.4, 0.5) is 0 Å². The molecular formula is C22H25NO4. The number of hydrogen-bond acceptors (Lipinski definition) is 4. The zero-order valence-electron chi connectivity index (χ0n) is 15.6. The summed E-state index contributed by atoms with van der Waals surface area (Å²) < 4.78 is 10.5. The maximum absolute atomic E-state index is 12.8. The monoisotopic (exact) mass is 367 g/mol. The second kappa shape index (κ2) is 8.71. The van der Waals surface area contributed by atoms with Crippen LogP contribution >= 0.6 is 0 Å². The zero-order chi connectivity index (χ0) is 19.1. The molecule has 0 aliphatic heterocycles. The van der Waals surface area contributed by atoms with E-state index in [1.165, 1.54) is 0 Å². The molecule has 1 fully saturated rings. The van der Waals surface area contributed by atoms with E-state index in [1.54, 1.807) is 7.11 Å². The lowest BCUT2D eigenvalue weighted by Gasteiger charge is -2.27. The van der Waals surface area contributed by atoms with Crippen molar-refractivity contribution in [2.24, 2.45) is 0 Å². The van der Waals surface area contributed by atoms with Crippen molar-refractivity contribution >= 4 is 11.9 Å². The van der Waals surface area contributed by atoms with Crippen molar-refractivity contribution in [3.05, 3.63) is 65.7 Å². The molecule has 0 atom stereocenters. The van der Waals surface area contributed by atoms with Gasteiger partial charge in [-0.3, -0.25) is 9.59 Å². The molecule has 0 bridgehead atoms. The third-order valence-corrected chi connectivity index (χ3v) is 5.16. The predicted octanol–water partition coefficient (Wildman–Crippen LogP) is 3.37. The number of amides is 1. The molecule has 0 aromatic heterocycles. The van der Waals surface area contributed by atoms with Crippen LogP contribution in [0.3, 0.4) is 0 Å². The van der Waals surface area contributed by atoms with Gasteiger partial charge in [0.1, 0.15) is 5.75 Å². The van der Waals surface area contributed by atoms with Crippen LogP contribution in [0.25, 0.3) is 0 Å². The fraction of sp³-hybridized carbons (Fsp3) is 0.364. The fourth-order valence-electron chi connectivity index (χ4n) is 3.61. The summed E-state index contributed by atoms with van der Waals surface area (Å²) in [6.07, 6.45) is 3.52. The van der Waals surface area contributed by atoms with Gasteiger partial charge in [-0.15, -0.1) is 0 Å². The number of benzene rings is 2. The van der Waals surface area contributed by atoms with Crippen LogP contribution in [0.2, 0.25) is 0 Å². The van der Waals surface area contributed by atoms with Crippen LogP contribution in [0.5, 0.6) is 5.75 Å². The van der Waals surface area contributed by atoms with E-state index in [9.17, 15) is 9.59 Å². The van der Waals surface area contributed by atoms with Gasteiger partial charge in [-0.05, 0) is 36.1 Å². The molecule has 142 valence electrons. The van der Waals surface area contributed by atoms with Gasteiger partial charge in [0.15, 0.2) is 6.61 Å². The first kappa shape index (κ1) is 19.0. The Morgan fingerprint density at radius 2 is 1.67 bits per heavy atom. The largest absolute Gasteiger partial charge is 0.497 e. The first-order valence-corrected chi connectivity index (χ1v) is 9.26. The van der Waals surface area contributed by atoms with E-state index in [4.69, 9.17) is 9.47 Å². The number of rotatable bonds is 7. The third-order valence-electron chi connectivity index (χ3n) is 5.16. The van der Waals surface area contributed by atoms with E-state index in [-0.39, 0.29) is 18.5 Å². The van der Waals surface area contributed by atoms with Crippen LogP contribution in [0.15, 0.2) is 54.6 Å². The molecule has 27 heavy (non-hydrogen) atoms. The number of methoxy groups -OCH3 is 1. The minimum Gasteiger partial charge on any atom is -0.497 e. The van der Waals surface area contributed by atoms with Gasteiger partial charge in [0.05, 0.1) is 12.5 Å². The average molecular weight is 367 g/mol. The number of carbonyl (C=O) groups excluding carboxylic acids is 2. The minimum atomic E-state index is -0.614. The van der Waals surface area contributed by atoms with Crippen molar-refractivity contribution in [3.8, 4) is 5.75 Å². The fourth-order valence-corrected chi connectivity index (χ4v) is 3.61. The highest BCUT2D eigenvalue weighted by atomic mass is 16.5.